The molecule has 2 amide bonds. The van der Waals surface area contributed by atoms with Crippen molar-refractivity contribution in [1.29, 1.82) is 0 Å². The molecule has 0 aliphatic carbocycles. The minimum Gasteiger partial charge on any atom is -0.481 e. The Kier molecular flexibility index (Phi) is 4.45. The van der Waals surface area contributed by atoms with Crippen LogP contribution in [0.3, 0.4) is 0 Å². The molecular formula is C15H20F3N3O2. The van der Waals surface area contributed by atoms with Gasteiger partial charge in [0, 0.05) is 12.6 Å². The third kappa shape index (κ3) is 3.35. The lowest BCUT2D eigenvalue weighted by atomic mass is 9.88. The lowest BCUT2D eigenvalue weighted by molar-refractivity contribution is -0.189. The van der Waals surface area contributed by atoms with E-state index < -0.39 is 23.7 Å². The topological polar surface area (TPSA) is 54.5 Å². The van der Waals surface area contributed by atoms with Crippen molar-refractivity contribution >= 4 is 11.7 Å². The van der Waals surface area contributed by atoms with Crippen LogP contribution in [0.2, 0.25) is 0 Å². The third-order valence-corrected chi connectivity index (χ3v) is 4.34. The Bertz CT molecular complexity index is 602. The van der Waals surface area contributed by atoms with Gasteiger partial charge in [-0.05, 0) is 33.3 Å². The molecule has 5 nitrogen and oxygen atoms in total. The molecule has 8 heteroatoms. The number of aryl methyl sites for hydroxylation is 1. The SMILES string of the molecule is COc1ccc(NC(=O)N2CC[C@H](C(F)(F)F)C2(C)C)c(C)n1. The molecule has 0 spiro atoms. The molecule has 1 atom stereocenters. The zero-order valence-corrected chi connectivity index (χ0v) is 13.5. The van der Waals surface area contributed by atoms with Crippen molar-refractivity contribution < 1.29 is 22.7 Å². The van der Waals surface area contributed by atoms with Crippen LogP contribution >= 0.6 is 0 Å². The zero-order valence-electron chi connectivity index (χ0n) is 13.5. The fourth-order valence-corrected chi connectivity index (χ4v) is 2.98. The van der Waals surface area contributed by atoms with E-state index in [4.69, 9.17) is 4.74 Å². The Morgan fingerprint density at radius 2 is 2.09 bits per heavy atom. The molecule has 0 radical (unpaired) electrons. The first-order chi connectivity index (χ1) is 10.6. The van der Waals surface area contributed by atoms with Crippen molar-refractivity contribution in [3.05, 3.63) is 17.8 Å². The van der Waals surface area contributed by atoms with Crippen LogP contribution in [0, 0.1) is 12.8 Å². The van der Waals surface area contributed by atoms with E-state index in [0.717, 1.165) is 0 Å². The van der Waals surface area contributed by atoms with Gasteiger partial charge in [-0.25, -0.2) is 9.78 Å². The fraction of sp³-hybridized carbons (Fsp3) is 0.600. The molecule has 0 bridgehead atoms. The molecule has 128 valence electrons. The Morgan fingerprint density at radius 3 is 2.57 bits per heavy atom. The minimum atomic E-state index is -4.32. The van der Waals surface area contributed by atoms with Crippen LogP contribution in [0.4, 0.5) is 23.7 Å². The second-order valence-electron chi connectivity index (χ2n) is 6.10. The number of amides is 2. The monoisotopic (exact) mass is 331 g/mol. The molecule has 0 saturated carbocycles. The molecule has 1 fully saturated rings. The summed E-state index contributed by atoms with van der Waals surface area (Å²) in [6, 6.07) is 2.64. The molecular weight excluding hydrogens is 311 g/mol. The number of carbonyl (C=O) groups excluding carboxylic acids is 1. The number of halogens is 3. The zero-order chi connectivity index (χ0) is 17.4. The molecule has 23 heavy (non-hydrogen) atoms. The van der Waals surface area contributed by atoms with Gasteiger partial charge in [0.15, 0.2) is 0 Å². The summed E-state index contributed by atoms with van der Waals surface area (Å²) in [6.07, 6.45) is -4.42. The number of methoxy groups -OCH3 is 1. The van der Waals surface area contributed by atoms with E-state index in [0.29, 0.717) is 17.3 Å². The smallest absolute Gasteiger partial charge is 0.394 e. The Morgan fingerprint density at radius 1 is 1.43 bits per heavy atom. The number of alkyl halides is 3. The molecule has 1 aromatic rings. The van der Waals surface area contributed by atoms with E-state index >= 15 is 0 Å². The summed E-state index contributed by atoms with van der Waals surface area (Å²) in [5, 5.41) is 2.63. The van der Waals surface area contributed by atoms with E-state index in [1.807, 2.05) is 0 Å². The van der Waals surface area contributed by atoms with Crippen molar-refractivity contribution in [3.8, 4) is 5.88 Å². The molecule has 0 unspecified atom stereocenters. The fourth-order valence-electron chi connectivity index (χ4n) is 2.98. The second kappa shape index (κ2) is 5.90. The van der Waals surface area contributed by atoms with Gasteiger partial charge in [-0.15, -0.1) is 0 Å². The van der Waals surface area contributed by atoms with Crippen molar-refractivity contribution in [2.75, 3.05) is 19.0 Å². The number of likely N-dealkylation sites (tertiary alicyclic amines) is 1. The summed E-state index contributed by atoms with van der Waals surface area (Å²) in [6.45, 7) is 4.63. The van der Waals surface area contributed by atoms with Crippen LogP contribution in [0.1, 0.15) is 26.0 Å². The van der Waals surface area contributed by atoms with Gasteiger partial charge < -0.3 is 15.0 Å². The first kappa shape index (κ1) is 17.4. The van der Waals surface area contributed by atoms with Gasteiger partial charge >= 0.3 is 12.2 Å². The number of hydrogen-bond donors (Lipinski definition) is 1. The van der Waals surface area contributed by atoms with E-state index in [-0.39, 0.29) is 13.0 Å². The number of nitrogens with one attached hydrogen (secondary N) is 1. The van der Waals surface area contributed by atoms with Crippen molar-refractivity contribution in [2.45, 2.75) is 38.9 Å². The standard InChI is InChI=1S/C15H20F3N3O2/c1-9-10(5-6-12(19-9)23-4)20-13(22)21-8-7-11(14(21,2)3)15(16,17)18/h5-6,11H,7-8H2,1-4H3,(H,20,22)/t11-/m0/s1. The average molecular weight is 331 g/mol. The maximum Gasteiger partial charge on any atom is 0.394 e. The van der Waals surface area contributed by atoms with Crippen LogP contribution in [0.5, 0.6) is 5.88 Å². The van der Waals surface area contributed by atoms with Gasteiger partial charge in [-0.1, -0.05) is 0 Å². The molecule has 1 aromatic heterocycles. The van der Waals surface area contributed by atoms with Gasteiger partial charge in [0.2, 0.25) is 5.88 Å². The first-order valence-corrected chi connectivity index (χ1v) is 7.24. The quantitative estimate of drug-likeness (QED) is 0.901. The highest BCUT2D eigenvalue weighted by Gasteiger charge is 2.56. The van der Waals surface area contributed by atoms with E-state index in [2.05, 4.69) is 10.3 Å². The third-order valence-electron chi connectivity index (χ3n) is 4.34. The van der Waals surface area contributed by atoms with Crippen LogP contribution in [0.25, 0.3) is 0 Å². The summed E-state index contributed by atoms with van der Waals surface area (Å²) >= 11 is 0. The minimum absolute atomic E-state index is 0.0612. The van der Waals surface area contributed by atoms with Crippen LogP contribution in [-0.2, 0) is 0 Å². The summed E-state index contributed by atoms with van der Waals surface area (Å²) in [4.78, 5) is 17.8. The summed E-state index contributed by atoms with van der Waals surface area (Å²) < 4.78 is 44.2. The maximum absolute atomic E-state index is 13.1. The highest BCUT2D eigenvalue weighted by atomic mass is 19.4. The Balaban J connectivity index is 2.16. The van der Waals surface area contributed by atoms with Crippen LogP contribution < -0.4 is 10.1 Å². The number of carbonyl (C=O) groups is 1. The molecule has 1 saturated heterocycles. The molecule has 0 aromatic carbocycles. The molecule has 1 N–H and O–H groups in total. The second-order valence-corrected chi connectivity index (χ2v) is 6.10. The lowest BCUT2D eigenvalue weighted by Gasteiger charge is -2.36. The molecule has 2 heterocycles. The molecule has 1 aliphatic heterocycles. The van der Waals surface area contributed by atoms with Gasteiger partial charge in [-0.3, -0.25) is 0 Å². The van der Waals surface area contributed by atoms with E-state index in [9.17, 15) is 18.0 Å². The predicted molar refractivity (Wildman–Crippen MR) is 79.5 cm³/mol. The number of anilines is 1. The number of aromatic nitrogens is 1. The lowest BCUT2D eigenvalue weighted by Crippen LogP contribution is -2.51. The first-order valence-electron chi connectivity index (χ1n) is 7.24. The summed E-state index contributed by atoms with van der Waals surface area (Å²) in [7, 11) is 1.48. The van der Waals surface area contributed by atoms with Gasteiger partial charge in [-0.2, -0.15) is 13.2 Å². The van der Waals surface area contributed by atoms with Crippen LogP contribution in [-0.4, -0.2) is 41.3 Å². The molecule has 2 rings (SSSR count). The van der Waals surface area contributed by atoms with Crippen molar-refractivity contribution in [3.63, 3.8) is 0 Å². The number of urea groups is 1. The Hall–Kier alpha value is -1.99. The largest absolute Gasteiger partial charge is 0.481 e. The predicted octanol–water partition coefficient (Wildman–Crippen LogP) is 3.59. The number of hydrogen-bond acceptors (Lipinski definition) is 3. The maximum atomic E-state index is 13.1. The van der Waals surface area contributed by atoms with Crippen molar-refractivity contribution in [1.82, 2.24) is 9.88 Å². The molecule has 1 aliphatic rings. The van der Waals surface area contributed by atoms with Gasteiger partial charge in [0.25, 0.3) is 0 Å². The normalized spacial score (nSPS) is 20.5. The van der Waals surface area contributed by atoms with E-state index in [1.54, 1.807) is 19.1 Å². The number of ether oxygens (including phenoxy) is 1. The average Bonchev–Trinajstić information content (AvgIpc) is 2.76. The highest BCUT2D eigenvalue weighted by Crippen LogP contribution is 2.44. The number of rotatable bonds is 2. The summed E-state index contributed by atoms with van der Waals surface area (Å²) in [5.41, 5.74) is -0.319. The van der Waals surface area contributed by atoms with Gasteiger partial charge in [0.05, 0.1) is 29.9 Å². The Labute approximate surface area is 132 Å². The van der Waals surface area contributed by atoms with Crippen molar-refractivity contribution in [2.24, 2.45) is 5.92 Å². The number of pyridine rings is 1. The highest BCUT2D eigenvalue weighted by molar-refractivity contribution is 5.90. The van der Waals surface area contributed by atoms with Gasteiger partial charge in [0.1, 0.15) is 0 Å². The number of nitrogens with zero attached hydrogens (tertiary/aromatic N) is 2. The summed E-state index contributed by atoms with van der Waals surface area (Å²) in [5.74, 6) is -1.13. The van der Waals surface area contributed by atoms with E-state index in [1.165, 1.54) is 25.9 Å². The van der Waals surface area contributed by atoms with Crippen LogP contribution in [0.15, 0.2) is 12.1 Å².